The summed E-state index contributed by atoms with van der Waals surface area (Å²) in [4.78, 5) is 17.0. The molecule has 0 bridgehead atoms. The Balaban J connectivity index is 1.50. The Morgan fingerprint density at radius 3 is 2.25 bits per heavy atom. The Bertz CT molecular complexity index is 980. The highest BCUT2D eigenvalue weighted by Gasteiger charge is 2.28. The third kappa shape index (κ3) is 3.47. The van der Waals surface area contributed by atoms with E-state index in [4.69, 9.17) is 11.6 Å². The van der Waals surface area contributed by atoms with E-state index in [1.807, 2.05) is 30.3 Å². The number of halogens is 2. The van der Waals surface area contributed by atoms with E-state index in [-0.39, 0.29) is 11.7 Å². The first kappa shape index (κ1) is 18.5. The molecule has 1 saturated heterocycles. The summed E-state index contributed by atoms with van der Waals surface area (Å²) >= 11 is 6.52. The van der Waals surface area contributed by atoms with Crippen molar-refractivity contribution in [1.82, 2.24) is 14.7 Å². The molecule has 2 heterocycles. The molecule has 0 saturated carbocycles. The van der Waals surface area contributed by atoms with Crippen molar-refractivity contribution >= 4 is 23.2 Å². The number of piperazine rings is 1. The van der Waals surface area contributed by atoms with Gasteiger partial charge in [-0.05, 0) is 43.3 Å². The smallest absolute Gasteiger partial charge is 0.259 e. The number of anilines is 1. The first-order valence-corrected chi connectivity index (χ1v) is 9.53. The lowest BCUT2D eigenvalue weighted by molar-refractivity contribution is 0.0746. The first-order chi connectivity index (χ1) is 13.5. The van der Waals surface area contributed by atoms with E-state index in [0.717, 1.165) is 11.4 Å². The second-order valence-corrected chi connectivity index (χ2v) is 7.11. The highest BCUT2D eigenvalue weighted by Crippen LogP contribution is 2.26. The molecule has 28 heavy (non-hydrogen) atoms. The van der Waals surface area contributed by atoms with Crippen LogP contribution < -0.4 is 4.90 Å². The van der Waals surface area contributed by atoms with E-state index in [0.29, 0.717) is 42.6 Å². The highest BCUT2D eigenvalue weighted by atomic mass is 35.5. The van der Waals surface area contributed by atoms with E-state index >= 15 is 0 Å². The van der Waals surface area contributed by atoms with E-state index in [1.54, 1.807) is 28.6 Å². The maximum Gasteiger partial charge on any atom is 0.259 e. The SMILES string of the molecule is Cc1nn(-c2ccccc2)c(Cl)c1C(=O)N1CCN(c2ccc(F)cc2)CC1. The van der Waals surface area contributed by atoms with Crippen LogP contribution in [0, 0.1) is 12.7 Å². The van der Waals surface area contributed by atoms with Crippen LogP contribution in [-0.4, -0.2) is 46.8 Å². The van der Waals surface area contributed by atoms with Gasteiger partial charge in [0.15, 0.2) is 0 Å². The van der Waals surface area contributed by atoms with Crippen molar-refractivity contribution in [1.29, 1.82) is 0 Å². The summed E-state index contributed by atoms with van der Waals surface area (Å²) < 4.78 is 14.7. The van der Waals surface area contributed by atoms with Crippen LogP contribution in [0.25, 0.3) is 5.69 Å². The van der Waals surface area contributed by atoms with E-state index < -0.39 is 0 Å². The largest absolute Gasteiger partial charge is 0.368 e. The Morgan fingerprint density at radius 1 is 0.964 bits per heavy atom. The summed E-state index contributed by atoms with van der Waals surface area (Å²) in [5.74, 6) is -0.360. The van der Waals surface area contributed by atoms with Gasteiger partial charge >= 0.3 is 0 Å². The number of aryl methyl sites for hydroxylation is 1. The number of aromatic nitrogens is 2. The van der Waals surface area contributed by atoms with Crippen LogP contribution in [0.5, 0.6) is 0 Å². The topological polar surface area (TPSA) is 41.4 Å². The Hall–Kier alpha value is -2.86. The van der Waals surface area contributed by atoms with Gasteiger partial charge < -0.3 is 9.80 Å². The molecule has 2 aromatic carbocycles. The second-order valence-electron chi connectivity index (χ2n) is 6.75. The van der Waals surface area contributed by atoms with Crippen molar-refractivity contribution in [2.75, 3.05) is 31.1 Å². The van der Waals surface area contributed by atoms with Gasteiger partial charge in [0.2, 0.25) is 0 Å². The quantitative estimate of drug-likeness (QED) is 0.671. The van der Waals surface area contributed by atoms with Crippen LogP contribution in [0.4, 0.5) is 10.1 Å². The molecule has 0 N–H and O–H groups in total. The molecule has 1 aliphatic heterocycles. The number of carbonyl (C=O) groups is 1. The van der Waals surface area contributed by atoms with Crippen LogP contribution in [0.1, 0.15) is 16.1 Å². The molecule has 1 aromatic heterocycles. The van der Waals surface area contributed by atoms with Crippen LogP contribution in [0.2, 0.25) is 5.15 Å². The average molecular weight is 399 g/mol. The lowest BCUT2D eigenvalue weighted by Crippen LogP contribution is -2.49. The molecule has 1 aliphatic rings. The van der Waals surface area contributed by atoms with Gasteiger partial charge in [-0.15, -0.1) is 0 Å². The number of amides is 1. The lowest BCUT2D eigenvalue weighted by Gasteiger charge is -2.36. The third-order valence-corrected chi connectivity index (χ3v) is 5.33. The van der Waals surface area contributed by atoms with Gasteiger partial charge in [0.05, 0.1) is 16.9 Å². The number of hydrogen-bond donors (Lipinski definition) is 0. The molecule has 0 spiro atoms. The van der Waals surface area contributed by atoms with Crippen molar-refractivity contribution in [3.63, 3.8) is 0 Å². The fourth-order valence-electron chi connectivity index (χ4n) is 3.46. The normalized spacial score (nSPS) is 14.4. The molecule has 144 valence electrons. The van der Waals surface area contributed by atoms with Gasteiger partial charge in [0, 0.05) is 31.9 Å². The fraction of sp³-hybridized carbons (Fsp3) is 0.238. The summed E-state index contributed by atoms with van der Waals surface area (Å²) in [6.07, 6.45) is 0. The predicted octanol–water partition coefficient (Wildman–Crippen LogP) is 3.94. The van der Waals surface area contributed by atoms with Crippen molar-refractivity contribution in [3.05, 3.63) is 76.8 Å². The average Bonchev–Trinajstić information content (AvgIpc) is 3.03. The van der Waals surface area contributed by atoms with Crippen molar-refractivity contribution in [3.8, 4) is 5.69 Å². The van der Waals surface area contributed by atoms with Crippen molar-refractivity contribution in [2.45, 2.75) is 6.92 Å². The molecule has 0 atom stereocenters. The maximum absolute atomic E-state index is 13.1. The van der Waals surface area contributed by atoms with Gasteiger partial charge in [-0.2, -0.15) is 5.10 Å². The summed E-state index contributed by atoms with van der Waals surface area (Å²) in [6.45, 7) is 4.31. The second kappa shape index (κ2) is 7.64. The standard InChI is InChI=1S/C21H20ClFN4O/c1-15-19(20(22)27(24-15)18-5-3-2-4-6-18)21(28)26-13-11-25(12-14-26)17-9-7-16(23)8-10-17/h2-10H,11-14H2,1H3. The molecule has 1 amide bonds. The molecular formula is C21H20ClFN4O. The summed E-state index contributed by atoms with van der Waals surface area (Å²) in [5, 5.41) is 4.79. The van der Waals surface area contributed by atoms with Crippen LogP contribution in [0.3, 0.4) is 0 Å². The van der Waals surface area contributed by atoms with Gasteiger partial charge in [-0.3, -0.25) is 4.79 Å². The summed E-state index contributed by atoms with van der Waals surface area (Å²) in [7, 11) is 0. The van der Waals surface area contributed by atoms with Crippen LogP contribution >= 0.6 is 11.6 Å². The minimum Gasteiger partial charge on any atom is -0.368 e. The monoisotopic (exact) mass is 398 g/mol. The Labute approximate surface area is 167 Å². The predicted molar refractivity (Wildman–Crippen MR) is 108 cm³/mol. The molecule has 5 nitrogen and oxygen atoms in total. The zero-order valence-electron chi connectivity index (χ0n) is 15.5. The molecule has 0 aliphatic carbocycles. The number of nitrogens with zero attached hydrogens (tertiary/aromatic N) is 4. The van der Waals surface area contributed by atoms with E-state index in [1.165, 1.54) is 12.1 Å². The van der Waals surface area contributed by atoms with E-state index in [2.05, 4.69) is 10.00 Å². The van der Waals surface area contributed by atoms with Crippen LogP contribution in [0.15, 0.2) is 54.6 Å². The van der Waals surface area contributed by atoms with Crippen molar-refractivity contribution < 1.29 is 9.18 Å². The zero-order chi connectivity index (χ0) is 19.7. The van der Waals surface area contributed by atoms with Gasteiger partial charge in [-0.1, -0.05) is 29.8 Å². The molecule has 7 heteroatoms. The number of rotatable bonds is 3. The van der Waals surface area contributed by atoms with Gasteiger partial charge in [0.1, 0.15) is 11.0 Å². The molecule has 0 unspecified atom stereocenters. The number of benzene rings is 2. The lowest BCUT2D eigenvalue weighted by atomic mass is 10.2. The molecule has 1 fully saturated rings. The minimum atomic E-state index is -0.252. The molecule has 3 aromatic rings. The number of hydrogen-bond acceptors (Lipinski definition) is 3. The third-order valence-electron chi connectivity index (χ3n) is 4.98. The number of carbonyl (C=O) groups excluding carboxylic acids is 1. The first-order valence-electron chi connectivity index (χ1n) is 9.15. The van der Waals surface area contributed by atoms with Crippen LogP contribution in [-0.2, 0) is 0 Å². The maximum atomic E-state index is 13.1. The summed E-state index contributed by atoms with van der Waals surface area (Å²) in [6, 6.07) is 15.9. The minimum absolute atomic E-state index is 0.108. The summed E-state index contributed by atoms with van der Waals surface area (Å²) in [5.41, 5.74) is 2.83. The number of para-hydroxylation sites is 1. The van der Waals surface area contributed by atoms with E-state index in [9.17, 15) is 9.18 Å². The highest BCUT2D eigenvalue weighted by molar-refractivity contribution is 6.33. The fourth-order valence-corrected chi connectivity index (χ4v) is 3.81. The molecule has 4 rings (SSSR count). The van der Waals surface area contributed by atoms with Gasteiger partial charge in [0.25, 0.3) is 5.91 Å². The Morgan fingerprint density at radius 2 is 1.61 bits per heavy atom. The molecular weight excluding hydrogens is 379 g/mol. The van der Waals surface area contributed by atoms with Gasteiger partial charge in [-0.25, -0.2) is 9.07 Å². The zero-order valence-corrected chi connectivity index (χ0v) is 16.2. The van der Waals surface area contributed by atoms with Crippen molar-refractivity contribution in [2.24, 2.45) is 0 Å². The Kier molecular flexibility index (Phi) is 5.05. The molecule has 0 radical (unpaired) electrons.